The smallest absolute Gasteiger partial charge is 0.373 e. The molecule has 0 amide bonds. The average molecular weight is 1800 g/mol. The van der Waals surface area contributed by atoms with Crippen LogP contribution in [-0.4, -0.2) is 163 Å². The standard InChI is InChI=1S/C70H142O12S16Si4/c1-20-56(18)38-37-47-65(19,95(91-83,87-33-14)66(52-57-39-43-61(66)48-57)99(71-21-2,72-22-3)73-23-4)70(96(92-84,88-34-15)67(53-58-40-44-62(67)49-58)100(74-24-5,75-25-6)76-26-7,97(93-85,89-35-16)68(54-59-41-45-63(68)50-59)101(77-27-8,78-28-9)79-29-10)98(94-86,90-36-17)69(55-60-42-46-64(69)51-60)102(80-30-11,81-31-12)82-32-13/h56-64,83-86H,20-55H2,1-19H3. The molecule has 102 heavy (non-hydrogen) atoms. The lowest BCUT2D eigenvalue weighted by Crippen LogP contribution is -2.81. The minimum absolute atomic E-state index is 0.151. The molecule has 12 nitrogen and oxygen atoms in total. The van der Waals surface area contributed by atoms with E-state index in [-0.39, 0.29) is 23.7 Å². The van der Waals surface area contributed by atoms with Crippen molar-refractivity contribution in [2.75, 3.05) is 102 Å². The molecule has 0 aromatic rings. The molecule has 8 aliphatic carbocycles. The number of fused-ring (bicyclic) bond motifs is 8. The van der Waals surface area contributed by atoms with Gasteiger partial charge >= 0.3 is 35.2 Å². The van der Waals surface area contributed by atoms with E-state index < -0.39 is 93.2 Å². The molecule has 0 spiro atoms. The molecule has 0 saturated heterocycles. The van der Waals surface area contributed by atoms with Crippen LogP contribution in [0.3, 0.4) is 0 Å². The predicted molar refractivity (Wildman–Crippen MR) is 489 cm³/mol. The molecule has 0 radical (unpaired) electrons. The van der Waals surface area contributed by atoms with Gasteiger partial charge < -0.3 is 53.1 Å². The quantitative estimate of drug-likeness (QED) is 0.0263. The van der Waals surface area contributed by atoms with Gasteiger partial charge in [0.1, 0.15) is 3.41 Å². The maximum absolute atomic E-state index is 8.29. The van der Waals surface area contributed by atoms with Gasteiger partial charge in [0, 0.05) is 107 Å². The Kier molecular flexibility index (Phi) is 36.8. The van der Waals surface area contributed by atoms with Gasteiger partial charge in [0.05, 0.1) is 17.5 Å². The molecule has 0 aliphatic heterocycles. The molecule has 18 atom stereocenters. The van der Waals surface area contributed by atoms with Crippen LogP contribution in [-0.2, 0) is 53.1 Å². The third kappa shape index (κ3) is 14.1. The second-order valence-corrected chi connectivity index (χ2v) is 81.2. The Hall–Kier alpha value is 5.99. The Bertz CT molecular complexity index is 2340. The highest BCUT2D eigenvalue weighted by molar-refractivity contribution is 9.52. The molecule has 606 valence electrons. The molecule has 0 aromatic carbocycles. The van der Waals surface area contributed by atoms with Crippen LogP contribution >= 0.6 is 161 Å². The summed E-state index contributed by atoms with van der Waals surface area (Å²) < 4.78 is 94.2. The van der Waals surface area contributed by atoms with Gasteiger partial charge in [0.25, 0.3) is 0 Å². The summed E-state index contributed by atoms with van der Waals surface area (Å²) in [5.74, 6) is 6.04. The van der Waals surface area contributed by atoms with Crippen molar-refractivity contribution in [3.8, 4) is 0 Å². The first kappa shape index (κ1) is 93.5. The highest BCUT2D eigenvalue weighted by atomic mass is 33.8. The van der Waals surface area contributed by atoms with Gasteiger partial charge in [0.2, 0.25) is 0 Å². The van der Waals surface area contributed by atoms with Crippen molar-refractivity contribution in [3.63, 3.8) is 0 Å². The zero-order valence-corrected chi connectivity index (χ0v) is 83.6. The summed E-state index contributed by atoms with van der Waals surface area (Å²) in [4.78, 5) is 0. The maximum atomic E-state index is 8.29. The Labute approximate surface area is 683 Å². The highest BCUT2D eigenvalue weighted by Gasteiger charge is 2.98. The van der Waals surface area contributed by atoms with E-state index in [0.717, 1.165) is 145 Å². The van der Waals surface area contributed by atoms with Crippen molar-refractivity contribution < 1.29 is 53.1 Å². The van der Waals surface area contributed by atoms with Gasteiger partial charge in [-0.15, -0.1) is 97.9 Å². The first-order valence-electron chi connectivity index (χ1n) is 40.0. The lowest BCUT2D eigenvalue weighted by molar-refractivity contribution is 0.0478. The van der Waals surface area contributed by atoms with Crippen molar-refractivity contribution in [3.05, 3.63) is 0 Å². The van der Waals surface area contributed by atoms with E-state index in [9.17, 15) is 0 Å². The molecule has 0 heterocycles. The lowest BCUT2D eigenvalue weighted by Gasteiger charge is -2.87. The van der Waals surface area contributed by atoms with E-state index in [0.29, 0.717) is 109 Å². The molecular formula is C70H142O12S16Si4. The normalized spacial score (nSPS) is 34.5. The van der Waals surface area contributed by atoms with Crippen LogP contribution in [0.2, 0.25) is 0 Å². The van der Waals surface area contributed by atoms with Gasteiger partial charge in [-0.05, 0) is 266 Å². The molecule has 8 rings (SSSR count). The average Bonchev–Trinajstić information content (AvgIpc) is 1.13. The number of hydrogen-bond donors (Lipinski definition) is 4. The van der Waals surface area contributed by atoms with Crippen molar-refractivity contribution in [2.45, 2.75) is 286 Å². The zero-order chi connectivity index (χ0) is 74.8. The molecule has 8 fully saturated rings. The summed E-state index contributed by atoms with van der Waals surface area (Å²) in [7, 11) is -10.9. The zero-order valence-electron chi connectivity index (χ0n) is 66.2. The first-order valence-corrected chi connectivity index (χ1v) is 69.0. The van der Waals surface area contributed by atoms with E-state index in [2.05, 4.69) is 175 Å². The van der Waals surface area contributed by atoms with Gasteiger partial charge in [-0.3, -0.25) is 0 Å². The minimum atomic E-state index is -4.17. The van der Waals surface area contributed by atoms with Crippen LogP contribution in [0.15, 0.2) is 0 Å². The molecule has 0 N–H and O–H groups in total. The fourth-order valence-electron chi connectivity index (χ4n) is 22.7. The topological polar surface area (TPSA) is 111 Å². The van der Waals surface area contributed by atoms with Crippen LogP contribution in [0, 0.1) is 53.3 Å². The van der Waals surface area contributed by atoms with Crippen LogP contribution in [0.4, 0.5) is 0 Å². The third-order valence-electron chi connectivity index (χ3n) is 25.1. The minimum Gasteiger partial charge on any atom is -0.373 e. The van der Waals surface area contributed by atoms with Gasteiger partial charge in [0.15, 0.2) is 0 Å². The number of hydrogen-bond acceptors (Lipinski definition) is 24. The second kappa shape index (κ2) is 40.2. The third-order valence-corrected chi connectivity index (χ3v) is 113. The van der Waals surface area contributed by atoms with Gasteiger partial charge in [-0.25, -0.2) is 0 Å². The number of thiol groups is 4. The summed E-state index contributed by atoms with van der Waals surface area (Å²) in [5, 5.41) is 0. The summed E-state index contributed by atoms with van der Waals surface area (Å²) in [6, 6.07) is 0. The summed E-state index contributed by atoms with van der Waals surface area (Å²) >= 11 is 26.8. The van der Waals surface area contributed by atoms with E-state index in [1.54, 1.807) is 0 Å². The monoisotopic (exact) mass is 1800 g/mol. The predicted octanol–water partition coefficient (Wildman–Crippen LogP) is 25.1. The van der Waals surface area contributed by atoms with Gasteiger partial charge in [-0.1, -0.05) is 111 Å². The molecule has 18 unspecified atom stereocenters. The van der Waals surface area contributed by atoms with Crippen molar-refractivity contribution in [2.24, 2.45) is 53.3 Å². The van der Waals surface area contributed by atoms with E-state index in [1.165, 1.54) is 6.42 Å². The number of rotatable bonds is 54. The molecule has 8 saturated carbocycles. The first-order chi connectivity index (χ1) is 49.2. The molecule has 32 heteroatoms. The van der Waals surface area contributed by atoms with E-state index >= 15 is 0 Å². The molecule has 8 aliphatic rings. The Morgan fingerprint density at radius 3 is 0.735 bits per heavy atom. The fourth-order valence-corrected chi connectivity index (χ4v) is 148. The van der Waals surface area contributed by atoms with E-state index in [1.807, 2.05) is 39.3 Å². The lowest BCUT2D eigenvalue weighted by atomic mass is 9.97. The Balaban J connectivity index is 2.01. The largest absolute Gasteiger partial charge is 0.518 e. The Morgan fingerprint density at radius 1 is 0.353 bits per heavy atom. The second-order valence-electron chi connectivity index (χ2n) is 29.4. The van der Waals surface area contributed by atoms with Crippen LogP contribution < -0.4 is 0 Å². The van der Waals surface area contributed by atoms with Crippen molar-refractivity contribution in [1.29, 1.82) is 0 Å². The molecule has 8 bridgehead atoms. The Morgan fingerprint density at radius 2 is 0.569 bits per heavy atom. The van der Waals surface area contributed by atoms with Crippen LogP contribution in [0.5, 0.6) is 0 Å². The van der Waals surface area contributed by atoms with E-state index in [4.69, 9.17) is 99.8 Å². The molecule has 0 aromatic heterocycles. The fraction of sp³-hybridized carbons (Fsp3) is 1.00. The van der Waals surface area contributed by atoms with Crippen molar-refractivity contribution >= 4 is 197 Å². The SMILES string of the molecule is CCO[Si](OCC)(OCC)C1(S(SS)(SCC)C(C)(CCCC(C)CC)C(S(SS)(SCC)C2([Si](OCC)(OCC)OCC)CC3CCC2C3)(S(SS)(SCC)C2([Si](OCC)(OCC)OCC)CC3CCC2C3)S(SS)(SCC)C2([Si](OCC)(OCC)OCC)CC3CCC2C3)CC2CCC1C2. The van der Waals surface area contributed by atoms with Crippen LogP contribution in [0.1, 0.15) is 260 Å². The van der Waals surface area contributed by atoms with Crippen molar-refractivity contribution in [1.82, 2.24) is 0 Å². The van der Waals surface area contributed by atoms with Gasteiger partial charge in [-0.2, -0.15) is 0 Å². The summed E-state index contributed by atoms with van der Waals surface area (Å²) in [6.07, 6.45) is 20.9. The summed E-state index contributed by atoms with van der Waals surface area (Å²) in [6.45, 7) is 50.3. The van der Waals surface area contributed by atoms with Crippen LogP contribution in [0.25, 0.3) is 0 Å². The highest BCUT2D eigenvalue weighted by Crippen LogP contribution is 3.18. The molecular weight excluding hydrogens is 1660 g/mol. The maximum Gasteiger partial charge on any atom is 0.518 e. The summed E-state index contributed by atoms with van der Waals surface area (Å²) in [5.41, 5.74) is 0.